The van der Waals surface area contributed by atoms with Crippen LogP contribution in [0.15, 0.2) is 5.03 Å². The molecule has 0 radical (unpaired) electrons. The van der Waals surface area contributed by atoms with Crippen LogP contribution in [0.4, 0.5) is 4.79 Å². The smallest absolute Gasteiger partial charge is 0.407 e. The average molecular weight is 269 g/mol. The van der Waals surface area contributed by atoms with Gasteiger partial charge in [-0.1, -0.05) is 0 Å². The van der Waals surface area contributed by atoms with E-state index in [1.807, 2.05) is 4.68 Å². The summed E-state index contributed by atoms with van der Waals surface area (Å²) in [5.41, 5.74) is 2.05. The Morgan fingerprint density at radius 3 is 3.06 bits per heavy atom. The summed E-state index contributed by atoms with van der Waals surface area (Å²) in [6.07, 6.45) is 0.222. The second-order valence-electron chi connectivity index (χ2n) is 4.66. The summed E-state index contributed by atoms with van der Waals surface area (Å²) in [5, 5.41) is 24.3. The van der Waals surface area contributed by atoms with E-state index in [4.69, 9.17) is 5.11 Å². The van der Waals surface area contributed by atoms with Gasteiger partial charge in [-0.25, -0.2) is 4.79 Å². The van der Waals surface area contributed by atoms with Crippen molar-refractivity contribution in [2.75, 3.05) is 12.3 Å². The molecule has 18 heavy (non-hydrogen) atoms. The predicted molar refractivity (Wildman–Crippen MR) is 65.7 cm³/mol. The molecule has 6 nitrogen and oxygen atoms in total. The van der Waals surface area contributed by atoms with Gasteiger partial charge in [-0.15, -0.1) is 11.8 Å². The molecule has 3 rings (SSSR count). The fourth-order valence-electron chi connectivity index (χ4n) is 2.41. The molecule has 1 unspecified atom stereocenters. The fraction of sp³-hybridized carbons (Fsp3) is 0.636. The van der Waals surface area contributed by atoms with Crippen molar-refractivity contribution in [3.63, 3.8) is 0 Å². The summed E-state index contributed by atoms with van der Waals surface area (Å²) in [6.45, 7) is 1.65. The number of thioether (sulfide) groups is 1. The minimum absolute atomic E-state index is 0.300. The molecule has 1 amide bonds. The summed E-state index contributed by atoms with van der Waals surface area (Å²) in [4.78, 5) is 12.4. The average Bonchev–Trinajstić information content (AvgIpc) is 2.60. The Labute approximate surface area is 109 Å². The fourth-order valence-corrected chi connectivity index (χ4v) is 3.56. The first-order valence-corrected chi connectivity index (χ1v) is 7.01. The molecule has 3 heterocycles. The molecule has 2 N–H and O–H groups in total. The van der Waals surface area contributed by atoms with Crippen molar-refractivity contribution >= 4 is 17.9 Å². The summed E-state index contributed by atoms with van der Waals surface area (Å²) in [7, 11) is 0. The lowest BCUT2D eigenvalue weighted by atomic mass is 10.1. The third-order valence-electron chi connectivity index (χ3n) is 3.41. The molecule has 1 aromatic heterocycles. The third kappa shape index (κ3) is 1.97. The van der Waals surface area contributed by atoms with Crippen molar-refractivity contribution in [3.05, 3.63) is 11.3 Å². The van der Waals surface area contributed by atoms with Gasteiger partial charge in [0, 0.05) is 30.8 Å². The van der Waals surface area contributed by atoms with Gasteiger partial charge in [-0.05, 0) is 6.42 Å². The predicted octanol–water partition coefficient (Wildman–Crippen LogP) is 0.776. The van der Waals surface area contributed by atoms with Gasteiger partial charge in [-0.2, -0.15) is 5.10 Å². The highest BCUT2D eigenvalue weighted by molar-refractivity contribution is 7.99. The number of aliphatic hydroxyl groups excluding tert-OH is 1. The Hall–Kier alpha value is -1.21. The van der Waals surface area contributed by atoms with E-state index in [-0.39, 0.29) is 6.10 Å². The highest BCUT2D eigenvalue weighted by atomic mass is 32.2. The molecule has 2 aliphatic heterocycles. The minimum atomic E-state index is -0.876. The number of nitrogens with zero attached hydrogens (tertiary/aromatic N) is 3. The normalized spacial score (nSPS) is 23.2. The number of hydrogen-bond donors (Lipinski definition) is 2. The Kier molecular flexibility index (Phi) is 2.95. The monoisotopic (exact) mass is 269 g/mol. The van der Waals surface area contributed by atoms with Crippen molar-refractivity contribution in [1.29, 1.82) is 0 Å². The second kappa shape index (κ2) is 4.47. The van der Waals surface area contributed by atoms with Crippen LogP contribution in [0, 0.1) is 0 Å². The lowest BCUT2D eigenvalue weighted by molar-refractivity contribution is 0.139. The van der Waals surface area contributed by atoms with Crippen molar-refractivity contribution in [2.24, 2.45) is 0 Å². The van der Waals surface area contributed by atoms with E-state index in [1.165, 1.54) is 4.90 Å². The zero-order valence-corrected chi connectivity index (χ0v) is 10.7. The number of amides is 1. The quantitative estimate of drug-likeness (QED) is 0.727. The van der Waals surface area contributed by atoms with Gasteiger partial charge in [0.1, 0.15) is 0 Å². The van der Waals surface area contributed by atoms with Crippen molar-refractivity contribution in [3.8, 4) is 0 Å². The molecule has 7 heteroatoms. The van der Waals surface area contributed by atoms with Crippen molar-refractivity contribution in [2.45, 2.75) is 37.1 Å². The first-order valence-electron chi connectivity index (χ1n) is 6.02. The zero-order valence-electron chi connectivity index (χ0n) is 9.87. The summed E-state index contributed by atoms with van der Waals surface area (Å²) >= 11 is 1.58. The van der Waals surface area contributed by atoms with Crippen LogP contribution in [0.3, 0.4) is 0 Å². The molecule has 2 aliphatic rings. The molecule has 1 aromatic rings. The van der Waals surface area contributed by atoms with E-state index < -0.39 is 6.09 Å². The van der Waals surface area contributed by atoms with Crippen LogP contribution in [0.2, 0.25) is 0 Å². The zero-order chi connectivity index (χ0) is 12.7. The Bertz CT molecular complexity index is 488. The van der Waals surface area contributed by atoms with Crippen molar-refractivity contribution in [1.82, 2.24) is 14.7 Å². The third-order valence-corrected chi connectivity index (χ3v) is 4.69. The maximum absolute atomic E-state index is 11.0. The molecule has 0 aliphatic carbocycles. The van der Waals surface area contributed by atoms with Crippen LogP contribution in [0.1, 0.15) is 17.7 Å². The number of aliphatic hydroxyl groups is 1. The summed E-state index contributed by atoms with van der Waals surface area (Å²) in [5.74, 6) is 0.658. The number of aromatic nitrogens is 2. The van der Waals surface area contributed by atoms with Crippen molar-refractivity contribution < 1.29 is 15.0 Å². The molecule has 0 aromatic carbocycles. The molecular weight excluding hydrogens is 254 g/mol. The van der Waals surface area contributed by atoms with E-state index in [9.17, 15) is 9.90 Å². The molecule has 0 bridgehead atoms. The number of fused-ring (bicyclic) bond motifs is 3. The number of hydrogen-bond acceptors (Lipinski definition) is 4. The van der Waals surface area contributed by atoms with Gasteiger partial charge in [0.15, 0.2) is 0 Å². The van der Waals surface area contributed by atoms with E-state index in [0.717, 1.165) is 16.3 Å². The van der Waals surface area contributed by atoms with Gasteiger partial charge < -0.3 is 15.1 Å². The molecule has 0 spiro atoms. The highest BCUT2D eigenvalue weighted by Gasteiger charge is 2.28. The van der Waals surface area contributed by atoms with Crippen LogP contribution >= 0.6 is 11.8 Å². The largest absolute Gasteiger partial charge is 0.465 e. The first-order chi connectivity index (χ1) is 8.65. The van der Waals surface area contributed by atoms with Crippen LogP contribution in [-0.4, -0.2) is 49.4 Å². The van der Waals surface area contributed by atoms with Gasteiger partial charge >= 0.3 is 6.09 Å². The SMILES string of the molecule is O=C(O)N1CCc2nn3c(c2C1)SCC(O)CC3. The molecule has 0 saturated carbocycles. The Morgan fingerprint density at radius 2 is 2.28 bits per heavy atom. The number of rotatable bonds is 0. The maximum Gasteiger partial charge on any atom is 0.407 e. The van der Waals surface area contributed by atoms with E-state index in [2.05, 4.69) is 5.10 Å². The highest BCUT2D eigenvalue weighted by Crippen LogP contribution is 2.32. The minimum Gasteiger partial charge on any atom is -0.465 e. The van der Waals surface area contributed by atoms with Gasteiger partial charge in [0.05, 0.1) is 23.4 Å². The summed E-state index contributed by atoms with van der Waals surface area (Å²) < 4.78 is 1.93. The number of carboxylic acid groups (broad SMARTS) is 1. The number of carbonyl (C=O) groups is 1. The molecule has 98 valence electrons. The maximum atomic E-state index is 11.0. The molecule has 0 saturated heterocycles. The van der Waals surface area contributed by atoms with Crippen LogP contribution in [-0.2, 0) is 19.5 Å². The van der Waals surface area contributed by atoms with Crippen LogP contribution in [0.25, 0.3) is 0 Å². The first kappa shape index (κ1) is 11.9. The Balaban J connectivity index is 1.92. The lowest BCUT2D eigenvalue weighted by Gasteiger charge is -2.23. The molecule has 1 atom stereocenters. The van der Waals surface area contributed by atoms with Crippen LogP contribution in [0.5, 0.6) is 0 Å². The van der Waals surface area contributed by atoms with Gasteiger partial charge in [0.25, 0.3) is 0 Å². The molecular formula is C11H15N3O3S. The van der Waals surface area contributed by atoms with Gasteiger partial charge in [0.2, 0.25) is 0 Å². The second-order valence-corrected chi connectivity index (χ2v) is 5.67. The van der Waals surface area contributed by atoms with Gasteiger partial charge in [-0.3, -0.25) is 4.68 Å². The van der Waals surface area contributed by atoms with Crippen LogP contribution < -0.4 is 0 Å². The van der Waals surface area contributed by atoms with E-state index in [1.54, 1.807) is 11.8 Å². The Morgan fingerprint density at radius 1 is 1.44 bits per heavy atom. The van der Waals surface area contributed by atoms with E-state index >= 15 is 0 Å². The summed E-state index contributed by atoms with van der Waals surface area (Å²) in [6, 6.07) is 0. The number of aryl methyl sites for hydroxylation is 1. The van der Waals surface area contributed by atoms with E-state index in [0.29, 0.717) is 38.2 Å². The molecule has 0 fully saturated rings. The lowest BCUT2D eigenvalue weighted by Crippen LogP contribution is -2.34. The standard InChI is InChI=1S/C11H15N3O3S/c15-7-1-4-14-10(18-6-7)8-5-13(11(16)17)3-2-9(8)12-14/h7,15H,1-6H2,(H,16,17). The topological polar surface area (TPSA) is 78.6 Å².